The van der Waals surface area contributed by atoms with Crippen LogP contribution in [-0.2, 0) is 14.3 Å². The van der Waals surface area contributed by atoms with Crippen molar-refractivity contribution in [2.45, 2.75) is 38.7 Å². The molecule has 1 aromatic heterocycles. The van der Waals surface area contributed by atoms with Crippen LogP contribution in [0.15, 0.2) is 48.7 Å². The lowest BCUT2D eigenvalue weighted by Gasteiger charge is -2.47. The highest BCUT2D eigenvalue weighted by Gasteiger charge is 2.68. The van der Waals surface area contributed by atoms with Gasteiger partial charge in [-0.2, -0.15) is 5.26 Å². The van der Waals surface area contributed by atoms with Crippen molar-refractivity contribution in [1.29, 1.82) is 5.26 Å². The molecule has 2 heterocycles. The van der Waals surface area contributed by atoms with Gasteiger partial charge in [0.15, 0.2) is 0 Å². The molecule has 0 unspecified atom stereocenters. The van der Waals surface area contributed by atoms with Crippen LogP contribution in [0, 0.1) is 34.5 Å². The molecule has 0 amide bonds. The number of alkyl halides is 2. The number of hydrogen-bond donors (Lipinski definition) is 1. The zero-order chi connectivity index (χ0) is 24.7. The number of rotatable bonds is 5. The van der Waals surface area contributed by atoms with Crippen molar-refractivity contribution < 1.29 is 28.2 Å². The molecule has 6 nitrogen and oxygen atoms in total. The van der Waals surface area contributed by atoms with Gasteiger partial charge in [-0.1, -0.05) is 37.3 Å². The van der Waals surface area contributed by atoms with Crippen molar-refractivity contribution in [3.63, 3.8) is 0 Å². The Morgan fingerprint density at radius 1 is 1.29 bits per heavy atom. The number of hydrogen-bond acceptors (Lipinski definition) is 5. The summed E-state index contributed by atoms with van der Waals surface area (Å²) in [6.45, 7) is 3.05. The van der Waals surface area contributed by atoms with Gasteiger partial charge in [0, 0.05) is 35.6 Å². The Balaban J connectivity index is 1.66. The largest absolute Gasteiger partial charge is 0.481 e. The molecule has 1 saturated heterocycles. The van der Waals surface area contributed by atoms with E-state index in [0.717, 1.165) is 11.1 Å². The first-order chi connectivity index (χ1) is 16.1. The van der Waals surface area contributed by atoms with E-state index < -0.39 is 60.0 Å². The molecule has 8 heteroatoms. The second-order valence-corrected chi connectivity index (χ2v) is 9.15. The number of carboxylic acid groups (broad SMARTS) is 1. The summed E-state index contributed by atoms with van der Waals surface area (Å²) in [6, 6.07) is 12.8. The predicted octanol–water partition coefficient (Wildman–Crippen LogP) is 4.95. The average Bonchev–Trinajstić information content (AvgIpc) is 3.02. The van der Waals surface area contributed by atoms with Gasteiger partial charge >= 0.3 is 11.9 Å². The highest BCUT2D eigenvalue weighted by Crippen LogP contribution is 2.60. The van der Waals surface area contributed by atoms with Gasteiger partial charge in [-0.05, 0) is 31.1 Å². The normalized spacial score (nSPS) is 29.9. The topological polar surface area (TPSA) is 100 Å². The maximum atomic E-state index is 15.0. The van der Waals surface area contributed by atoms with E-state index in [0.29, 0.717) is 11.3 Å². The van der Waals surface area contributed by atoms with Crippen molar-refractivity contribution in [3.8, 4) is 17.2 Å². The number of fused-ring (bicyclic) bond motifs is 1. The molecule has 1 saturated carbocycles. The number of esters is 1. The van der Waals surface area contributed by atoms with Crippen LogP contribution < -0.4 is 0 Å². The van der Waals surface area contributed by atoms with Crippen molar-refractivity contribution >= 4 is 18.0 Å². The third-order valence-electron chi connectivity index (χ3n) is 7.15. The summed E-state index contributed by atoms with van der Waals surface area (Å²) in [6.07, 6.45) is 2.61. The number of carbonyl (C=O) groups is 2. The Morgan fingerprint density at radius 2 is 2.03 bits per heavy atom. The Labute approximate surface area is 195 Å². The predicted molar refractivity (Wildman–Crippen MR) is 119 cm³/mol. The summed E-state index contributed by atoms with van der Waals surface area (Å²) in [7, 11) is 0. The smallest absolute Gasteiger partial charge is 0.313 e. The van der Waals surface area contributed by atoms with E-state index in [2.05, 4.69) is 11.1 Å². The summed E-state index contributed by atoms with van der Waals surface area (Å²) in [5, 5.41) is 18.7. The zero-order valence-corrected chi connectivity index (χ0v) is 18.7. The molecule has 0 bridgehead atoms. The lowest BCUT2D eigenvalue weighted by atomic mass is 9.55. The van der Waals surface area contributed by atoms with Crippen molar-refractivity contribution in [2.24, 2.45) is 23.2 Å². The molecule has 176 valence electrons. The van der Waals surface area contributed by atoms with Gasteiger partial charge < -0.3 is 9.84 Å². The Kier molecular flexibility index (Phi) is 5.98. The second-order valence-electron chi connectivity index (χ2n) is 9.15. The first kappa shape index (κ1) is 23.6. The molecule has 1 aliphatic carbocycles. The van der Waals surface area contributed by atoms with E-state index in [1.807, 2.05) is 12.1 Å². The number of nitriles is 1. The van der Waals surface area contributed by atoms with Crippen LogP contribution in [-0.4, -0.2) is 34.1 Å². The molecule has 4 rings (SSSR count). The standard InChI is InChI=1S/C26H24F2N2O4/c1-15-20(23-16(2)34-24(33)25(23,11-22(31)32)14-26(15,27)28)10-9-19-8-7-18(13-30-19)21-6-4-3-5-17(21)12-29/h3-10,13,15-16,20,23H,11,14H2,1-2H3,(H,31,32)/t15-,16+,20-,23-,25+/m0/s1. The summed E-state index contributed by atoms with van der Waals surface area (Å²) in [4.78, 5) is 28.6. The van der Waals surface area contributed by atoms with Gasteiger partial charge in [0.2, 0.25) is 0 Å². The van der Waals surface area contributed by atoms with Gasteiger partial charge in [-0.3, -0.25) is 14.6 Å². The molecule has 2 aromatic rings. The molecule has 0 radical (unpaired) electrons. The van der Waals surface area contributed by atoms with Crippen LogP contribution in [0.25, 0.3) is 17.2 Å². The van der Waals surface area contributed by atoms with Crippen molar-refractivity contribution in [1.82, 2.24) is 4.98 Å². The maximum Gasteiger partial charge on any atom is 0.313 e. The fourth-order valence-corrected chi connectivity index (χ4v) is 5.50. The third-order valence-corrected chi connectivity index (χ3v) is 7.15. The van der Waals surface area contributed by atoms with Crippen LogP contribution in [0.1, 0.15) is 37.9 Å². The number of benzene rings is 1. The number of allylic oxidation sites excluding steroid dienone is 1. The molecule has 2 aliphatic rings. The second kappa shape index (κ2) is 8.64. The number of aromatic nitrogens is 1. The summed E-state index contributed by atoms with van der Waals surface area (Å²) < 4.78 is 35.4. The van der Waals surface area contributed by atoms with Crippen molar-refractivity contribution in [2.75, 3.05) is 0 Å². The minimum Gasteiger partial charge on any atom is -0.481 e. The minimum atomic E-state index is -3.23. The van der Waals surface area contributed by atoms with Gasteiger partial charge in [0.1, 0.15) is 6.10 Å². The molecular formula is C26H24F2N2O4. The number of carboxylic acids is 1. The fraction of sp³-hybridized carbons (Fsp3) is 0.385. The molecule has 1 N–H and O–H groups in total. The number of nitrogens with zero attached hydrogens (tertiary/aromatic N) is 2. The Hall–Kier alpha value is -3.60. The van der Waals surface area contributed by atoms with E-state index in [-0.39, 0.29) is 0 Å². The first-order valence-corrected chi connectivity index (χ1v) is 11.0. The number of aliphatic carboxylic acids is 1. The number of halogens is 2. The van der Waals surface area contributed by atoms with Gasteiger partial charge in [0.05, 0.1) is 29.2 Å². The number of ether oxygens (including phenoxy) is 1. The molecular weight excluding hydrogens is 442 g/mol. The highest BCUT2D eigenvalue weighted by molar-refractivity contribution is 5.85. The van der Waals surface area contributed by atoms with E-state index in [1.54, 1.807) is 49.5 Å². The van der Waals surface area contributed by atoms with Crippen LogP contribution in [0.3, 0.4) is 0 Å². The summed E-state index contributed by atoms with van der Waals surface area (Å²) in [5.41, 5.74) is 0.744. The lowest BCUT2D eigenvalue weighted by Crippen LogP contribution is -2.54. The monoisotopic (exact) mass is 466 g/mol. The lowest BCUT2D eigenvalue weighted by molar-refractivity contribution is -0.177. The average molecular weight is 466 g/mol. The summed E-state index contributed by atoms with van der Waals surface area (Å²) >= 11 is 0. The molecule has 34 heavy (non-hydrogen) atoms. The van der Waals surface area contributed by atoms with Crippen LogP contribution in [0.4, 0.5) is 8.78 Å². The molecule has 1 aromatic carbocycles. The fourth-order valence-electron chi connectivity index (χ4n) is 5.50. The number of carbonyl (C=O) groups excluding carboxylic acids is 1. The van der Waals surface area contributed by atoms with Crippen LogP contribution >= 0.6 is 0 Å². The first-order valence-electron chi connectivity index (χ1n) is 11.0. The third kappa shape index (κ3) is 3.96. The van der Waals surface area contributed by atoms with Gasteiger partial charge in [-0.15, -0.1) is 0 Å². The SMILES string of the molecule is C[C@H]1OC(=O)[C@]2(CC(=O)O)CC(F)(F)[C@@H](C)[C@H](C=Cc3ccc(-c4ccccc4C#N)cn3)[C@H]12. The summed E-state index contributed by atoms with van der Waals surface area (Å²) in [5.74, 6) is -8.00. The molecule has 0 spiro atoms. The van der Waals surface area contributed by atoms with E-state index in [4.69, 9.17) is 4.74 Å². The van der Waals surface area contributed by atoms with Gasteiger partial charge in [0.25, 0.3) is 5.92 Å². The van der Waals surface area contributed by atoms with E-state index >= 15 is 8.78 Å². The van der Waals surface area contributed by atoms with Crippen LogP contribution in [0.2, 0.25) is 0 Å². The van der Waals surface area contributed by atoms with Crippen molar-refractivity contribution in [3.05, 3.63) is 59.9 Å². The minimum absolute atomic E-state index is 0.514. The molecule has 1 aliphatic heterocycles. The van der Waals surface area contributed by atoms with Crippen LogP contribution in [0.5, 0.6) is 0 Å². The Bertz CT molecular complexity index is 1190. The van der Waals surface area contributed by atoms with E-state index in [1.165, 1.54) is 6.92 Å². The van der Waals surface area contributed by atoms with Gasteiger partial charge in [-0.25, -0.2) is 8.78 Å². The highest BCUT2D eigenvalue weighted by atomic mass is 19.3. The zero-order valence-electron chi connectivity index (χ0n) is 18.7. The number of cyclic esters (lactones) is 1. The Morgan fingerprint density at radius 3 is 2.68 bits per heavy atom. The maximum absolute atomic E-state index is 15.0. The van der Waals surface area contributed by atoms with E-state index in [9.17, 15) is 20.0 Å². The quantitative estimate of drug-likeness (QED) is 0.626. The molecule has 5 atom stereocenters. The number of pyridine rings is 1. The molecule has 2 fully saturated rings.